The quantitative estimate of drug-likeness (QED) is 0.567. The lowest BCUT2D eigenvalue weighted by Gasteiger charge is -2.23. The van der Waals surface area contributed by atoms with Crippen molar-refractivity contribution in [2.45, 2.75) is 19.9 Å². The molecule has 3 aromatic heterocycles. The van der Waals surface area contributed by atoms with Crippen molar-refractivity contribution in [1.82, 2.24) is 4.57 Å². The van der Waals surface area contributed by atoms with Gasteiger partial charge in [-0.1, -0.05) is 17.4 Å². The molecule has 1 aliphatic heterocycles. The summed E-state index contributed by atoms with van der Waals surface area (Å²) in [6.45, 7) is 3.79. The average Bonchev–Trinajstić information content (AvgIpc) is 3.43. The standard InChI is InChI=1S/C21H21N3O4S2/c1-5-27-20(26)17-12(2)22-21-24(18(17)14-7-6-10-29-14)19(25)15(30-21)11-13-8-9-16(28-13)23(3)4/h6-11,18H,5H2,1-4H3/b15-11-/t18-/m0/s1. The molecule has 0 aliphatic carbocycles. The van der Waals surface area contributed by atoms with Gasteiger partial charge >= 0.3 is 5.97 Å². The number of esters is 1. The predicted molar refractivity (Wildman–Crippen MR) is 118 cm³/mol. The number of anilines is 1. The first-order valence-electron chi connectivity index (χ1n) is 9.41. The van der Waals surface area contributed by atoms with Gasteiger partial charge in [-0.25, -0.2) is 9.79 Å². The fraction of sp³-hybridized carbons (Fsp3) is 0.286. The Morgan fingerprint density at radius 1 is 1.37 bits per heavy atom. The molecule has 156 valence electrons. The molecule has 0 spiro atoms. The van der Waals surface area contributed by atoms with E-state index in [9.17, 15) is 9.59 Å². The number of hydrogen-bond acceptors (Lipinski definition) is 8. The van der Waals surface area contributed by atoms with Crippen molar-refractivity contribution in [1.29, 1.82) is 0 Å². The first-order chi connectivity index (χ1) is 14.4. The number of carbonyl (C=O) groups is 1. The van der Waals surface area contributed by atoms with E-state index in [2.05, 4.69) is 4.99 Å². The van der Waals surface area contributed by atoms with E-state index in [0.29, 0.717) is 32.2 Å². The molecule has 0 saturated heterocycles. The van der Waals surface area contributed by atoms with E-state index in [4.69, 9.17) is 9.15 Å². The first kappa shape index (κ1) is 20.4. The molecule has 7 nitrogen and oxygen atoms in total. The van der Waals surface area contributed by atoms with Crippen LogP contribution in [-0.2, 0) is 9.53 Å². The second-order valence-electron chi connectivity index (χ2n) is 6.89. The van der Waals surface area contributed by atoms with Crippen LogP contribution in [0.4, 0.5) is 5.88 Å². The number of nitrogens with zero attached hydrogens (tertiary/aromatic N) is 3. The Morgan fingerprint density at radius 3 is 2.80 bits per heavy atom. The normalized spacial score (nSPS) is 16.4. The van der Waals surface area contributed by atoms with Gasteiger partial charge in [0.05, 0.1) is 22.4 Å². The molecule has 0 amide bonds. The monoisotopic (exact) mass is 443 g/mol. The van der Waals surface area contributed by atoms with Crippen molar-refractivity contribution in [2.75, 3.05) is 25.6 Å². The molecule has 0 aromatic carbocycles. The number of allylic oxidation sites excluding steroid dienone is 1. The van der Waals surface area contributed by atoms with Gasteiger partial charge in [0.1, 0.15) is 11.8 Å². The summed E-state index contributed by atoms with van der Waals surface area (Å²) < 4.78 is 13.1. The van der Waals surface area contributed by atoms with Gasteiger partial charge in [0.25, 0.3) is 5.56 Å². The van der Waals surface area contributed by atoms with Crippen molar-refractivity contribution in [2.24, 2.45) is 4.99 Å². The van der Waals surface area contributed by atoms with Crippen LogP contribution >= 0.6 is 22.7 Å². The minimum absolute atomic E-state index is 0.214. The van der Waals surface area contributed by atoms with Crippen molar-refractivity contribution in [3.63, 3.8) is 0 Å². The average molecular weight is 444 g/mol. The van der Waals surface area contributed by atoms with E-state index in [1.165, 1.54) is 22.7 Å². The Balaban J connectivity index is 1.90. The fourth-order valence-corrected chi connectivity index (χ4v) is 5.15. The summed E-state index contributed by atoms with van der Waals surface area (Å²) in [5.74, 6) is 0.831. The third-order valence-electron chi connectivity index (χ3n) is 4.66. The highest BCUT2D eigenvalue weighted by atomic mass is 32.1. The Bertz CT molecular complexity index is 1290. The minimum atomic E-state index is -0.559. The lowest BCUT2D eigenvalue weighted by molar-refractivity contribution is -0.139. The summed E-state index contributed by atoms with van der Waals surface area (Å²) in [5, 5.41) is 1.93. The predicted octanol–water partition coefficient (Wildman–Crippen LogP) is 2.52. The minimum Gasteiger partial charge on any atom is -0.463 e. The van der Waals surface area contributed by atoms with Crippen LogP contribution < -0.4 is 19.8 Å². The molecule has 9 heteroatoms. The lowest BCUT2D eigenvalue weighted by atomic mass is 10.0. The van der Waals surface area contributed by atoms with Crippen molar-refractivity contribution in [3.05, 3.63) is 71.2 Å². The Hall–Kier alpha value is -2.91. The molecule has 1 atom stereocenters. The maximum atomic E-state index is 13.4. The first-order valence-corrected chi connectivity index (χ1v) is 11.1. The topological polar surface area (TPSA) is 77.0 Å². The number of carbonyl (C=O) groups excluding carboxylic acids is 1. The molecule has 3 aromatic rings. The van der Waals surface area contributed by atoms with Gasteiger partial charge in [-0.15, -0.1) is 11.3 Å². The van der Waals surface area contributed by atoms with Gasteiger partial charge in [-0.05, 0) is 31.4 Å². The number of aromatic nitrogens is 1. The van der Waals surface area contributed by atoms with Gasteiger partial charge in [-0.3, -0.25) is 9.36 Å². The summed E-state index contributed by atoms with van der Waals surface area (Å²) >= 11 is 2.77. The number of hydrogen-bond donors (Lipinski definition) is 0. The maximum Gasteiger partial charge on any atom is 0.338 e. The number of rotatable bonds is 5. The number of ether oxygens (including phenoxy) is 1. The Labute approximate surface area is 180 Å². The third-order valence-corrected chi connectivity index (χ3v) is 6.56. The SMILES string of the molecule is CCOC(=O)C1=C(C)N=c2s/c(=C\c3ccc(N(C)C)o3)c(=O)n2[C@H]1c1cccs1. The molecular formula is C21H21N3O4S2. The summed E-state index contributed by atoms with van der Waals surface area (Å²) in [7, 11) is 3.77. The van der Waals surface area contributed by atoms with Gasteiger partial charge in [0, 0.05) is 31.1 Å². The summed E-state index contributed by atoms with van der Waals surface area (Å²) in [5.41, 5.74) is 0.743. The van der Waals surface area contributed by atoms with E-state index >= 15 is 0 Å². The van der Waals surface area contributed by atoms with Crippen molar-refractivity contribution in [3.8, 4) is 0 Å². The zero-order valence-electron chi connectivity index (χ0n) is 17.0. The highest BCUT2D eigenvalue weighted by Crippen LogP contribution is 2.33. The number of thiophene rings is 1. The highest BCUT2D eigenvalue weighted by Gasteiger charge is 2.33. The zero-order valence-corrected chi connectivity index (χ0v) is 18.7. The van der Waals surface area contributed by atoms with Crippen LogP contribution in [0.5, 0.6) is 0 Å². The molecule has 0 saturated carbocycles. The van der Waals surface area contributed by atoms with Crippen LogP contribution in [-0.4, -0.2) is 31.2 Å². The van der Waals surface area contributed by atoms with Crippen molar-refractivity contribution >= 4 is 40.6 Å². The molecule has 0 bridgehead atoms. The second kappa shape index (κ2) is 8.08. The number of thiazole rings is 1. The van der Waals surface area contributed by atoms with Crippen LogP contribution in [0.3, 0.4) is 0 Å². The summed E-state index contributed by atoms with van der Waals surface area (Å²) in [4.78, 5) is 33.9. The zero-order chi connectivity index (χ0) is 21.4. The van der Waals surface area contributed by atoms with E-state index < -0.39 is 12.0 Å². The Morgan fingerprint density at radius 2 is 2.17 bits per heavy atom. The molecule has 4 rings (SSSR count). The third kappa shape index (κ3) is 3.54. The smallest absolute Gasteiger partial charge is 0.338 e. The molecule has 1 aliphatic rings. The summed E-state index contributed by atoms with van der Waals surface area (Å²) in [6, 6.07) is 6.93. The van der Waals surface area contributed by atoms with Crippen LogP contribution in [0.2, 0.25) is 0 Å². The Kier molecular flexibility index (Phi) is 5.48. The second-order valence-corrected chi connectivity index (χ2v) is 8.88. The van der Waals surface area contributed by atoms with Gasteiger partial charge in [0.15, 0.2) is 10.7 Å². The largest absolute Gasteiger partial charge is 0.463 e. The molecule has 0 N–H and O–H groups in total. The van der Waals surface area contributed by atoms with Gasteiger partial charge in [-0.2, -0.15) is 0 Å². The highest BCUT2D eigenvalue weighted by molar-refractivity contribution is 7.10. The molecule has 30 heavy (non-hydrogen) atoms. The number of furan rings is 1. The lowest BCUT2D eigenvalue weighted by Crippen LogP contribution is -2.39. The molecule has 0 unspecified atom stereocenters. The molecular weight excluding hydrogens is 422 g/mol. The molecule has 0 radical (unpaired) electrons. The number of fused-ring (bicyclic) bond motifs is 1. The van der Waals surface area contributed by atoms with E-state index in [1.54, 1.807) is 24.5 Å². The van der Waals surface area contributed by atoms with Crippen LogP contribution in [0.25, 0.3) is 6.08 Å². The van der Waals surface area contributed by atoms with E-state index in [0.717, 1.165) is 4.88 Å². The van der Waals surface area contributed by atoms with Gasteiger partial charge < -0.3 is 14.1 Å². The van der Waals surface area contributed by atoms with Crippen molar-refractivity contribution < 1.29 is 13.9 Å². The van der Waals surface area contributed by atoms with E-state index in [1.807, 2.05) is 48.6 Å². The fourth-order valence-electron chi connectivity index (χ4n) is 3.30. The van der Waals surface area contributed by atoms with E-state index in [-0.39, 0.29) is 12.2 Å². The van der Waals surface area contributed by atoms with Gasteiger partial charge in [0.2, 0.25) is 0 Å². The van der Waals surface area contributed by atoms with Crippen LogP contribution in [0, 0.1) is 0 Å². The molecule has 4 heterocycles. The van der Waals surface area contributed by atoms with Crippen LogP contribution in [0.15, 0.2) is 55.1 Å². The summed E-state index contributed by atoms with van der Waals surface area (Å²) in [6.07, 6.45) is 1.71. The maximum absolute atomic E-state index is 13.4. The molecule has 0 fully saturated rings. The van der Waals surface area contributed by atoms with Crippen LogP contribution in [0.1, 0.15) is 30.5 Å².